The van der Waals surface area contributed by atoms with Gasteiger partial charge in [0.25, 0.3) is 0 Å². The van der Waals surface area contributed by atoms with E-state index in [1.807, 2.05) is 51.1 Å². The van der Waals surface area contributed by atoms with Crippen molar-refractivity contribution in [2.45, 2.75) is 47.6 Å². The van der Waals surface area contributed by atoms with Crippen molar-refractivity contribution in [1.29, 1.82) is 0 Å². The third-order valence-corrected chi connectivity index (χ3v) is 3.60. The third-order valence-electron chi connectivity index (χ3n) is 3.60. The average molecular weight is 301 g/mol. The van der Waals surface area contributed by atoms with Gasteiger partial charge in [0.15, 0.2) is 0 Å². The first-order valence-electron chi connectivity index (χ1n) is 7.69. The molecular weight excluding hydrogens is 274 g/mol. The van der Waals surface area contributed by atoms with Crippen LogP contribution in [0.1, 0.15) is 40.2 Å². The molecule has 0 spiro atoms. The second kappa shape index (κ2) is 8.37. The minimum absolute atomic E-state index is 0.219. The van der Waals surface area contributed by atoms with Gasteiger partial charge in [-0.05, 0) is 45.7 Å². The molecule has 2 amide bonds. The molecule has 0 bridgehead atoms. The number of carbonyl (C=O) groups excluding carboxylic acids is 1. The Morgan fingerprint density at radius 1 is 1.18 bits per heavy atom. The number of aliphatic imine (C=N–C) groups is 1. The van der Waals surface area contributed by atoms with Gasteiger partial charge in [-0.25, -0.2) is 4.79 Å². The van der Waals surface area contributed by atoms with E-state index in [1.54, 1.807) is 0 Å². The van der Waals surface area contributed by atoms with Gasteiger partial charge in [-0.2, -0.15) is 0 Å². The number of carbonyl (C=O) groups is 1. The first-order chi connectivity index (χ1) is 10.3. The molecule has 0 aliphatic carbocycles. The lowest BCUT2D eigenvalue weighted by molar-refractivity contribution is 0.254. The molecule has 1 aromatic rings. The second-order valence-electron chi connectivity index (χ2n) is 5.85. The van der Waals surface area contributed by atoms with Crippen LogP contribution in [0.15, 0.2) is 41.0 Å². The van der Waals surface area contributed by atoms with E-state index < -0.39 is 0 Å². The van der Waals surface area contributed by atoms with Gasteiger partial charge in [0.05, 0.1) is 11.4 Å². The summed E-state index contributed by atoms with van der Waals surface area (Å²) < 4.78 is 0. The summed E-state index contributed by atoms with van der Waals surface area (Å²) in [7, 11) is 0. The molecule has 4 heteroatoms. The molecule has 1 unspecified atom stereocenters. The fourth-order valence-corrected chi connectivity index (χ4v) is 1.82. The Bertz CT molecular complexity index is 556. The molecule has 0 saturated carbocycles. The van der Waals surface area contributed by atoms with Crippen molar-refractivity contribution in [3.05, 3.63) is 41.6 Å². The van der Waals surface area contributed by atoms with Crippen molar-refractivity contribution < 1.29 is 4.79 Å². The molecule has 1 rings (SSSR count). The van der Waals surface area contributed by atoms with Crippen LogP contribution >= 0.6 is 0 Å². The summed E-state index contributed by atoms with van der Waals surface area (Å²) in [4.78, 5) is 16.7. The number of aryl methyl sites for hydroxylation is 1. The molecule has 0 fully saturated rings. The summed E-state index contributed by atoms with van der Waals surface area (Å²) in [5, 5.41) is 5.67. The van der Waals surface area contributed by atoms with Crippen LogP contribution in [0.5, 0.6) is 0 Å². The minimum atomic E-state index is -0.260. The molecule has 120 valence electrons. The number of hydrogen-bond acceptors (Lipinski definition) is 2. The van der Waals surface area contributed by atoms with Gasteiger partial charge in [-0.1, -0.05) is 37.6 Å². The normalized spacial score (nSPS) is 14.0. The first kappa shape index (κ1) is 18.0. The summed E-state index contributed by atoms with van der Waals surface area (Å²) in [6.45, 7) is 12.2. The number of allylic oxidation sites excluding steroid dienone is 2. The zero-order valence-corrected chi connectivity index (χ0v) is 14.4. The molecule has 1 aromatic carbocycles. The molecular formula is C18H27N3O. The Balaban J connectivity index is 2.70. The van der Waals surface area contributed by atoms with Crippen molar-refractivity contribution in [1.82, 2.24) is 5.32 Å². The van der Waals surface area contributed by atoms with E-state index in [-0.39, 0.29) is 12.1 Å². The van der Waals surface area contributed by atoms with Crippen LogP contribution in [0.4, 0.5) is 10.5 Å². The largest absolute Gasteiger partial charge is 0.323 e. The molecule has 2 N–H and O–H groups in total. The van der Waals surface area contributed by atoms with E-state index in [2.05, 4.69) is 36.4 Å². The summed E-state index contributed by atoms with van der Waals surface area (Å²) in [5.41, 5.74) is 3.49. The molecule has 0 heterocycles. The smallest absolute Gasteiger partial charge is 0.308 e. The Kier molecular flexibility index (Phi) is 6.83. The number of anilines is 1. The number of nitrogens with one attached hydrogen (secondary N) is 2. The van der Waals surface area contributed by atoms with E-state index in [4.69, 9.17) is 0 Å². The lowest BCUT2D eigenvalue weighted by Crippen LogP contribution is -2.31. The van der Waals surface area contributed by atoms with E-state index in [9.17, 15) is 4.79 Å². The van der Waals surface area contributed by atoms with Gasteiger partial charge >= 0.3 is 6.03 Å². The average Bonchev–Trinajstić information content (AvgIpc) is 2.46. The van der Waals surface area contributed by atoms with Crippen molar-refractivity contribution in [3.8, 4) is 0 Å². The van der Waals surface area contributed by atoms with Crippen LogP contribution < -0.4 is 10.6 Å². The van der Waals surface area contributed by atoms with Crippen LogP contribution in [-0.4, -0.2) is 17.8 Å². The number of nitrogens with zero attached hydrogens (tertiary/aromatic N) is 1. The van der Waals surface area contributed by atoms with Gasteiger partial charge in [0.2, 0.25) is 0 Å². The zero-order chi connectivity index (χ0) is 16.7. The number of amides is 2. The molecule has 0 aliphatic rings. The van der Waals surface area contributed by atoms with Crippen molar-refractivity contribution >= 4 is 17.4 Å². The third kappa shape index (κ3) is 5.72. The maximum Gasteiger partial charge on any atom is 0.323 e. The number of urea groups is 1. The van der Waals surface area contributed by atoms with Crippen molar-refractivity contribution in [2.24, 2.45) is 10.9 Å². The van der Waals surface area contributed by atoms with Gasteiger partial charge in [-0.15, -0.1) is 0 Å². The van der Waals surface area contributed by atoms with E-state index in [0.717, 1.165) is 22.7 Å². The SMILES string of the molecule is C/C=C(/NC(=O)Nc1ccc(C)cc1)C(C)=NC(C)C(C)C. The van der Waals surface area contributed by atoms with Gasteiger partial charge in [0, 0.05) is 11.7 Å². The van der Waals surface area contributed by atoms with E-state index in [1.165, 1.54) is 0 Å². The van der Waals surface area contributed by atoms with Crippen LogP contribution in [0.2, 0.25) is 0 Å². The summed E-state index contributed by atoms with van der Waals surface area (Å²) in [5.74, 6) is 0.467. The zero-order valence-electron chi connectivity index (χ0n) is 14.4. The summed E-state index contributed by atoms with van der Waals surface area (Å²) in [6.07, 6.45) is 1.86. The second-order valence-corrected chi connectivity index (χ2v) is 5.85. The number of hydrogen-bond donors (Lipinski definition) is 2. The minimum Gasteiger partial charge on any atom is -0.308 e. The molecule has 22 heavy (non-hydrogen) atoms. The topological polar surface area (TPSA) is 53.5 Å². The Morgan fingerprint density at radius 2 is 1.77 bits per heavy atom. The molecule has 0 radical (unpaired) electrons. The van der Waals surface area contributed by atoms with Crippen molar-refractivity contribution in [2.75, 3.05) is 5.32 Å². The maximum atomic E-state index is 12.1. The Hall–Kier alpha value is -2.10. The molecule has 4 nitrogen and oxygen atoms in total. The highest BCUT2D eigenvalue weighted by molar-refractivity contribution is 6.03. The van der Waals surface area contributed by atoms with Gasteiger partial charge in [-0.3, -0.25) is 4.99 Å². The van der Waals surface area contributed by atoms with Crippen LogP contribution in [0.3, 0.4) is 0 Å². The van der Waals surface area contributed by atoms with Gasteiger partial charge < -0.3 is 10.6 Å². The maximum absolute atomic E-state index is 12.1. The van der Waals surface area contributed by atoms with Crippen LogP contribution in [0.25, 0.3) is 0 Å². The monoisotopic (exact) mass is 301 g/mol. The fraction of sp³-hybridized carbons (Fsp3) is 0.444. The molecule has 0 aliphatic heterocycles. The fourth-order valence-electron chi connectivity index (χ4n) is 1.82. The predicted octanol–water partition coefficient (Wildman–Crippen LogP) is 4.53. The molecule has 0 saturated heterocycles. The standard InChI is InChI=1S/C18H27N3O/c1-7-17(15(6)19-14(5)12(2)3)21-18(22)20-16-10-8-13(4)9-11-16/h7-12,14H,1-6H3,(H2,20,21,22)/b17-7+,19-15?. The Labute approximate surface area is 133 Å². The highest BCUT2D eigenvalue weighted by Gasteiger charge is 2.10. The predicted molar refractivity (Wildman–Crippen MR) is 94.5 cm³/mol. The van der Waals surface area contributed by atoms with Crippen molar-refractivity contribution in [3.63, 3.8) is 0 Å². The summed E-state index contributed by atoms with van der Waals surface area (Å²) >= 11 is 0. The van der Waals surface area contributed by atoms with E-state index in [0.29, 0.717) is 5.92 Å². The number of benzene rings is 1. The van der Waals surface area contributed by atoms with Crippen LogP contribution in [-0.2, 0) is 0 Å². The number of rotatable bonds is 5. The first-order valence-corrected chi connectivity index (χ1v) is 7.69. The van der Waals surface area contributed by atoms with Gasteiger partial charge in [0.1, 0.15) is 0 Å². The quantitative estimate of drug-likeness (QED) is 0.772. The molecule has 0 aromatic heterocycles. The van der Waals surface area contributed by atoms with E-state index >= 15 is 0 Å². The summed E-state index contributed by atoms with van der Waals surface area (Å²) in [6, 6.07) is 7.64. The molecule has 1 atom stereocenters. The van der Waals surface area contributed by atoms with Crippen LogP contribution in [0, 0.1) is 12.8 Å². The highest BCUT2D eigenvalue weighted by Crippen LogP contribution is 2.10. The lowest BCUT2D eigenvalue weighted by atomic mass is 10.1. The lowest BCUT2D eigenvalue weighted by Gasteiger charge is -2.15. The Morgan fingerprint density at radius 3 is 2.27 bits per heavy atom. The highest BCUT2D eigenvalue weighted by atomic mass is 16.2.